The molecule has 9 heteroatoms. The maximum Gasteiger partial charge on any atom is 0.170 e. The normalized spacial score (nSPS) is 14.8. The van der Waals surface area contributed by atoms with Crippen molar-refractivity contribution in [2.45, 2.75) is 26.4 Å². The van der Waals surface area contributed by atoms with Crippen molar-refractivity contribution in [1.82, 2.24) is 19.7 Å². The molecule has 1 aliphatic heterocycles. The highest BCUT2D eigenvalue weighted by Crippen LogP contribution is 2.41. The lowest BCUT2D eigenvalue weighted by molar-refractivity contribution is 0.228. The molecule has 4 heterocycles. The Labute approximate surface area is 187 Å². The van der Waals surface area contributed by atoms with Gasteiger partial charge in [0.1, 0.15) is 18.0 Å². The van der Waals surface area contributed by atoms with E-state index in [0.29, 0.717) is 34.6 Å². The first-order valence-corrected chi connectivity index (χ1v) is 10.8. The molecule has 1 aromatic carbocycles. The average Bonchev–Trinajstić information content (AvgIpc) is 3.28. The molecule has 0 fully saturated rings. The topological polar surface area (TPSA) is 103 Å². The van der Waals surface area contributed by atoms with E-state index in [4.69, 9.17) is 15.5 Å². The number of hydrogen-bond acceptors (Lipinski definition) is 7. The third-order valence-electron chi connectivity index (χ3n) is 5.58. The Morgan fingerprint density at radius 1 is 1.34 bits per heavy atom. The summed E-state index contributed by atoms with van der Waals surface area (Å²) in [6, 6.07) is 8.63. The molecule has 0 radical (unpaired) electrons. The van der Waals surface area contributed by atoms with E-state index in [1.807, 2.05) is 13.8 Å². The SMILES string of the molecule is Cc1nc2c(s1)-c1ccc(F)cc1[C@@H](C)Oc1cc(cnc1N)-c1c(C#N)nn(C)c1C2. The van der Waals surface area contributed by atoms with Crippen LogP contribution in [0.1, 0.15) is 40.7 Å². The zero-order chi connectivity index (χ0) is 22.6. The van der Waals surface area contributed by atoms with Crippen LogP contribution in [0.2, 0.25) is 0 Å². The fourth-order valence-electron chi connectivity index (χ4n) is 4.12. The standard InChI is InChI=1S/C23H19FN6OS/c1-11-16-7-14(24)4-5-15(16)22-17(28-12(2)32-22)8-19-21(18(9-25)29-30(19)3)13-6-20(31-11)23(26)27-10-13/h4-7,10-11H,8H2,1-3H3,(H2,26,27)/t11-/m1/s1. The molecule has 2 N–H and O–H groups in total. The monoisotopic (exact) mass is 446 g/mol. The number of rotatable bonds is 0. The number of halogens is 1. The number of benzene rings is 1. The summed E-state index contributed by atoms with van der Waals surface area (Å²) in [5.74, 6) is 0.237. The number of aryl methyl sites for hydroxylation is 2. The number of fused-ring (bicyclic) bond motifs is 7. The van der Waals surface area contributed by atoms with Crippen molar-refractivity contribution in [2.24, 2.45) is 7.05 Å². The summed E-state index contributed by atoms with van der Waals surface area (Å²) >= 11 is 1.54. The molecule has 2 bridgehead atoms. The van der Waals surface area contributed by atoms with Gasteiger partial charge in [-0.2, -0.15) is 10.4 Å². The maximum absolute atomic E-state index is 14.2. The second-order valence-electron chi connectivity index (χ2n) is 7.69. The van der Waals surface area contributed by atoms with Crippen molar-refractivity contribution in [3.8, 4) is 33.4 Å². The van der Waals surface area contributed by atoms with Crippen LogP contribution in [0, 0.1) is 24.1 Å². The number of aromatic nitrogens is 4. The van der Waals surface area contributed by atoms with Crippen molar-refractivity contribution >= 4 is 17.2 Å². The first kappa shape index (κ1) is 20.2. The Morgan fingerprint density at radius 3 is 2.94 bits per heavy atom. The van der Waals surface area contributed by atoms with Gasteiger partial charge >= 0.3 is 0 Å². The zero-order valence-electron chi connectivity index (χ0n) is 17.7. The van der Waals surface area contributed by atoms with E-state index in [9.17, 15) is 9.65 Å². The van der Waals surface area contributed by atoms with Gasteiger partial charge in [0, 0.05) is 41.9 Å². The highest BCUT2D eigenvalue weighted by Gasteiger charge is 2.26. The first-order valence-electron chi connectivity index (χ1n) is 10.00. The number of hydrogen-bond donors (Lipinski definition) is 1. The van der Waals surface area contributed by atoms with E-state index >= 15 is 0 Å². The minimum atomic E-state index is -0.501. The van der Waals surface area contributed by atoms with Gasteiger partial charge in [-0.25, -0.2) is 14.4 Å². The molecule has 3 aromatic heterocycles. The van der Waals surface area contributed by atoms with Crippen LogP contribution in [0.5, 0.6) is 5.75 Å². The summed E-state index contributed by atoms with van der Waals surface area (Å²) in [4.78, 5) is 10.00. The third-order valence-corrected chi connectivity index (χ3v) is 6.63. The van der Waals surface area contributed by atoms with Crippen LogP contribution in [0.4, 0.5) is 10.2 Å². The smallest absolute Gasteiger partial charge is 0.170 e. The van der Waals surface area contributed by atoms with Gasteiger partial charge in [-0.1, -0.05) is 6.07 Å². The van der Waals surface area contributed by atoms with Crippen LogP contribution in [0.25, 0.3) is 21.6 Å². The first-order chi connectivity index (χ1) is 15.4. The maximum atomic E-state index is 14.2. The van der Waals surface area contributed by atoms with E-state index in [1.54, 1.807) is 41.4 Å². The Kier molecular flexibility index (Phi) is 4.68. The molecule has 0 saturated heterocycles. The van der Waals surface area contributed by atoms with Crippen LogP contribution < -0.4 is 10.5 Å². The fraction of sp³-hybridized carbons (Fsp3) is 0.217. The minimum absolute atomic E-state index is 0.217. The summed E-state index contributed by atoms with van der Waals surface area (Å²) in [5.41, 5.74) is 11.0. The van der Waals surface area contributed by atoms with E-state index in [-0.39, 0.29) is 11.6 Å². The van der Waals surface area contributed by atoms with Crippen LogP contribution >= 0.6 is 11.3 Å². The predicted octanol–water partition coefficient (Wildman–Crippen LogP) is 4.55. The molecule has 0 spiro atoms. The third kappa shape index (κ3) is 3.20. The molecule has 0 amide bonds. The Hall–Kier alpha value is -3.77. The van der Waals surface area contributed by atoms with Crippen molar-refractivity contribution < 1.29 is 9.13 Å². The Morgan fingerprint density at radius 2 is 2.16 bits per heavy atom. The van der Waals surface area contributed by atoms with Gasteiger partial charge in [-0.3, -0.25) is 4.68 Å². The fourth-order valence-corrected chi connectivity index (χ4v) is 5.10. The lowest BCUT2D eigenvalue weighted by Crippen LogP contribution is -2.09. The molecule has 0 aliphatic carbocycles. The molecule has 0 saturated carbocycles. The Bertz CT molecular complexity index is 1420. The van der Waals surface area contributed by atoms with Gasteiger partial charge in [-0.15, -0.1) is 11.3 Å². The molecular weight excluding hydrogens is 427 g/mol. The number of nitrogen functional groups attached to an aromatic ring is 1. The van der Waals surface area contributed by atoms with E-state index in [1.165, 1.54) is 12.1 Å². The molecule has 4 aromatic rings. The van der Waals surface area contributed by atoms with Gasteiger partial charge in [-0.05, 0) is 32.0 Å². The number of nitrogens with zero attached hydrogens (tertiary/aromatic N) is 5. The molecule has 5 rings (SSSR count). The highest BCUT2D eigenvalue weighted by molar-refractivity contribution is 7.15. The molecule has 0 unspecified atom stereocenters. The van der Waals surface area contributed by atoms with Crippen LogP contribution in [0.3, 0.4) is 0 Å². The minimum Gasteiger partial charge on any atom is -0.482 e. The number of pyridine rings is 1. The summed E-state index contributed by atoms with van der Waals surface area (Å²) in [7, 11) is 1.80. The molecule has 32 heavy (non-hydrogen) atoms. The summed E-state index contributed by atoms with van der Waals surface area (Å²) in [6.45, 7) is 3.79. The van der Waals surface area contributed by atoms with Gasteiger partial charge in [0.15, 0.2) is 17.3 Å². The number of anilines is 1. The van der Waals surface area contributed by atoms with Gasteiger partial charge in [0.2, 0.25) is 0 Å². The van der Waals surface area contributed by atoms with Crippen LogP contribution in [-0.2, 0) is 13.5 Å². The van der Waals surface area contributed by atoms with Crippen molar-refractivity contribution in [3.63, 3.8) is 0 Å². The highest BCUT2D eigenvalue weighted by atomic mass is 32.1. The number of thiazole rings is 1. The van der Waals surface area contributed by atoms with Gasteiger partial charge in [0.25, 0.3) is 0 Å². The zero-order valence-corrected chi connectivity index (χ0v) is 18.5. The van der Waals surface area contributed by atoms with Crippen LogP contribution in [0.15, 0.2) is 30.5 Å². The lowest BCUT2D eigenvalue weighted by atomic mass is 9.97. The quantitative estimate of drug-likeness (QED) is 0.425. The summed E-state index contributed by atoms with van der Waals surface area (Å²) in [6.07, 6.45) is 1.56. The van der Waals surface area contributed by atoms with Crippen molar-refractivity contribution in [1.29, 1.82) is 5.26 Å². The summed E-state index contributed by atoms with van der Waals surface area (Å²) < 4.78 is 22.1. The van der Waals surface area contributed by atoms with Gasteiger partial charge in [0.05, 0.1) is 21.3 Å². The predicted molar refractivity (Wildman–Crippen MR) is 120 cm³/mol. The number of ether oxygens (including phenoxy) is 1. The molecule has 160 valence electrons. The average molecular weight is 447 g/mol. The Balaban J connectivity index is 1.85. The lowest BCUT2D eigenvalue weighted by Gasteiger charge is -2.21. The molecule has 7 nitrogen and oxygen atoms in total. The second-order valence-corrected chi connectivity index (χ2v) is 8.89. The number of nitrogens with two attached hydrogens (primary N) is 1. The summed E-state index contributed by atoms with van der Waals surface area (Å²) in [5, 5.41) is 15.0. The van der Waals surface area contributed by atoms with E-state index < -0.39 is 6.10 Å². The van der Waals surface area contributed by atoms with Crippen LogP contribution in [-0.4, -0.2) is 19.7 Å². The van der Waals surface area contributed by atoms with E-state index in [2.05, 4.69) is 16.2 Å². The largest absolute Gasteiger partial charge is 0.482 e. The number of nitriles is 1. The molecule has 1 atom stereocenters. The van der Waals surface area contributed by atoms with E-state index in [0.717, 1.165) is 26.8 Å². The van der Waals surface area contributed by atoms with Crippen molar-refractivity contribution in [2.75, 3.05) is 5.73 Å². The molecular formula is C23H19FN6OS. The van der Waals surface area contributed by atoms with Gasteiger partial charge < -0.3 is 10.5 Å². The van der Waals surface area contributed by atoms with Crippen molar-refractivity contribution in [3.05, 3.63) is 63.9 Å². The second kappa shape index (κ2) is 7.43. The molecule has 1 aliphatic rings.